The van der Waals surface area contributed by atoms with Gasteiger partial charge in [-0.15, -0.1) is 0 Å². The highest BCUT2D eigenvalue weighted by atomic mass is 14.9. The first kappa shape index (κ1) is 14.0. The van der Waals surface area contributed by atoms with E-state index in [2.05, 4.69) is 47.0 Å². The molecular weight excluding hydrogens is 170 g/mol. The van der Waals surface area contributed by atoms with Gasteiger partial charge in [0.2, 0.25) is 0 Å². The van der Waals surface area contributed by atoms with Crippen LogP contribution in [0.2, 0.25) is 0 Å². The van der Waals surface area contributed by atoms with Crippen molar-refractivity contribution in [2.45, 2.75) is 65.8 Å². The highest BCUT2D eigenvalue weighted by Gasteiger charge is 2.34. The van der Waals surface area contributed by atoms with Crippen molar-refractivity contribution in [1.29, 1.82) is 0 Å². The minimum atomic E-state index is 0.358. The van der Waals surface area contributed by atoms with Crippen molar-refractivity contribution in [3.8, 4) is 0 Å². The van der Waals surface area contributed by atoms with Crippen molar-refractivity contribution >= 4 is 0 Å². The van der Waals surface area contributed by atoms with Gasteiger partial charge in [-0.25, -0.2) is 0 Å². The molecule has 86 valence electrons. The molecule has 0 aliphatic heterocycles. The predicted molar refractivity (Wildman–Crippen MR) is 65.6 cm³/mol. The standard InChI is InChI=1S/C13H29N/c1-7-12(8-2)11(5)13(9-3,10-4)14-6/h11-12,14H,7-10H2,1-6H3. The fourth-order valence-corrected chi connectivity index (χ4v) is 2.92. The smallest absolute Gasteiger partial charge is 0.0201 e. The summed E-state index contributed by atoms with van der Waals surface area (Å²) in [5.74, 6) is 1.64. The van der Waals surface area contributed by atoms with E-state index < -0.39 is 0 Å². The van der Waals surface area contributed by atoms with Crippen LogP contribution in [-0.4, -0.2) is 12.6 Å². The minimum absolute atomic E-state index is 0.358. The number of nitrogens with one attached hydrogen (secondary N) is 1. The van der Waals surface area contributed by atoms with Gasteiger partial charge in [0.1, 0.15) is 0 Å². The molecule has 0 rings (SSSR count). The van der Waals surface area contributed by atoms with Gasteiger partial charge in [0.05, 0.1) is 0 Å². The van der Waals surface area contributed by atoms with Gasteiger partial charge in [-0.2, -0.15) is 0 Å². The Labute approximate surface area is 90.7 Å². The molecule has 0 heterocycles. The van der Waals surface area contributed by atoms with Crippen molar-refractivity contribution in [3.63, 3.8) is 0 Å². The van der Waals surface area contributed by atoms with Crippen LogP contribution in [0.25, 0.3) is 0 Å². The van der Waals surface area contributed by atoms with E-state index in [1.807, 2.05) is 0 Å². The molecule has 0 amide bonds. The van der Waals surface area contributed by atoms with E-state index in [0.29, 0.717) is 5.54 Å². The monoisotopic (exact) mass is 199 g/mol. The molecule has 0 aromatic carbocycles. The molecule has 1 heteroatoms. The van der Waals surface area contributed by atoms with Crippen LogP contribution in [0.4, 0.5) is 0 Å². The molecule has 0 saturated heterocycles. The van der Waals surface area contributed by atoms with E-state index >= 15 is 0 Å². The molecule has 0 aliphatic carbocycles. The third-order valence-electron chi connectivity index (χ3n) is 4.39. The van der Waals surface area contributed by atoms with E-state index in [1.54, 1.807) is 0 Å². The molecule has 1 nitrogen and oxygen atoms in total. The minimum Gasteiger partial charge on any atom is -0.314 e. The van der Waals surface area contributed by atoms with Gasteiger partial charge in [-0.05, 0) is 31.7 Å². The molecule has 0 spiro atoms. The Morgan fingerprint density at radius 1 is 1.00 bits per heavy atom. The summed E-state index contributed by atoms with van der Waals surface area (Å²) in [6.07, 6.45) is 5.08. The summed E-state index contributed by atoms with van der Waals surface area (Å²) in [6.45, 7) is 11.7. The van der Waals surface area contributed by atoms with Crippen molar-refractivity contribution in [3.05, 3.63) is 0 Å². The highest BCUT2D eigenvalue weighted by molar-refractivity contribution is 4.91. The van der Waals surface area contributed by atoms with Gasteiger partial charge >= 0.3 is 0 Å². The SMILES string of the molecule is CCC(CC)C(C)C(CC)(CC)NC. The van der Waals surface area contributed by atoms with Gasteiger partial charge in [0.25, 0.3) is 0 Å². The lowest BCUT2D eigenvalue weighted by atomic mass is 9.72. The summed E-state index contributed by atoms with van der Waals surface area (Å²) in [5.41, 5.74) is 0.358. The first-order valence-electron chi connectivity index (χ1n) is 6.30. The van der Waals surface area contributed by atoms with Crippen molar-refractivity contribution in [2.24, 2.45) is 11.8 Å². The topological polar surface area (TPSA) is 12.0 Å². The van der Waals surface area contributed by atoms with Gasteiger partial charge in [-0.1, -0.05) is 47.5 Å². The largest absolute Gasteiger partial charge is 0.314 e. The second kappa shape index (κ2) is 6.44. The quantitative estimate of drug-likeness (QED) is 0.657. The lowest BCUT2D eigenvalue weighted by Gasteiger charge is -2.41. The molecule has 0 aromatic heterocycles. The van der Waals surface area contributed by atoms with Crippen LogP contribution < -0.4 is 5.32 Å². The number of rotatable bonds is 7. The second-order valence-electron chi connectivity index (χ2n) is 4.48. The molecule has 1 N–H and O–H groups in total. The Morgan fingerprint density at radius 3 is 1.64 bits per heavy atom. The highest BCUT2D eigenvalue weighted by Crippen LogP contribution is 2.33. The number of hydrogen-bond donors (Lipinski definition) is 1. The maximum atomic E-state index is 3.56. The maximum absolute atomic E-state index is 3.56. The fourth-order valence-electron chi connectivity index (χ4n) is 2.92. The third-order valence-corrected chi connectivity index (χ3v) is 4.39. The van der Waals surface area contributed by atoms with E-state index in [1.165, 1.54) is 25.7 Å². The third kappa shape index (κ3) is 2.73. The molecule has 1 unspecified atom stereocenters. The normalized spacial score (nSPS) is 14.8. The van der Waals surface area contributed by atoms with E-state index in [4.69, 9.17) is 0 Å². The van der Waals surface area contributed by atoms with Gasteiger partial charge < -0.3 is 5.32 Å². The first-order chi connectivity index (χ1) is 6.61. The molecule has 0 bridgehead atoms. The van der Waals surface area contributed by atoms with Gasteiger partial charge in [-0.3, -0.25) is 0 Å². The molecule has 1 atom stereocenters. The van der Waals surface area contributed by atoms with Crippen LogP contribution in [0, 0.1) is 11.8 Å². The fraction of sp³-hybridized carbons (Fsp3) is 1.00. The lowest BCUT2D eigenvalue weighted by molar-refractivity contribution is 0.148. The molecule has 0 saturated carbocycles. The zero-order valence-electron chi connectivity index (χ0n) is 11.0. The van der Waals surface area contributed by atoms with Crippen molar-refractivity contribution in [1.82, 2.24) is 5.32 Å². The zero-order valence-corrected chi connectivity index (χ0v) is 11.0. The van der Waals surface area contributed by atoms with Crippen LogP contribution in [0.3, 0.4) is 0 Å². The van der Waals surface area contributed by atoms with Crippen LogP contribution in [-0.2, 0) is 0 Å². The van der Waals surface area contributed by atoms with Crippen LogP contribution >= 0.6 is 0 Å². The average molecular weight is 199 g/mol. The summed E-state index contributed by atoms with van der Waals surface area (Å²) < 4.78 is 0. The van der Waals surface area contributed by atoms with E-state index in [0.717, 1.165) is 11.8 Å². The summed E-state index contributed by atoms with van der Waals surface area (Å²) >= 11 is 0. The Morgan fingerprint density at radius 2 is 1.43 bits per heavy atom. The van der Waals surface area contributed by atoms with Crippen LogP contribution in [0.5, 0.6) is 0 Å². The average Bonchev–Trinajstić information content (AvgIpc) is 2.23. The summed E-state index contributed by atoms with van der Waals surface area (Å²) in [5, 5.41) is 3.56. The molecule has 0 radical (unpaired) electrons. The molecule has 14 heavy (non-hydrogen) atoms. The summed E-state index contributed by atoms with van der Waals surface area (Å²) in [6, 6.07) is 0. The van der Waals surface area contributed by atoms with Crippen molar-refractivity contribution < 1.29 is 0 Å². The molecule has 0 aliphatic rings. The van der Waals surface area contributed by atoms with Gasteiger partial charge in [0.15, 0.2) is 0 Å². The predicted octanol–water partition coefficient (Wildman–Crippen LogP) is 3.84. The Kier molecular flexibility index (Phi) is 6.43. The second-order valence-corrected chi connectivity index (χ2v) is 4.48. The van der Waals surface area contributed by atoms with Crippen LogP contribution in [0.1, 0.15) is 60.3 Å². The molecule has 0 aromatic rings. The first-order valence-corrected chi connectivity index (χ1v) is 6.30. The molecule has 0 fully saturated rings. The zero-order chi connectivity index (χ0) is 11.2. The van der Waals surface area contributed by atoms with Crippen molar-refractivity contribution in [2.75, 3.05) is 7.05 Å². The summed E-state index contributed by atoms with van der Waals surface area (Å²) in [7, 11) is 2.12. The summed E-state index contributed by atoms with van der Waals surface area (Å²) in [4.78, 5) is 0. The Bertz CT molecular complexity index is 126. The maximum Gasteiger partial charge on any atom is 0.0201 e. The number of hydrogen-bond acceptors (Lipinski definition) is 1. The molecular formula is C13H29N. The van der Waals surface area contributed by atoms with E-state index in [-0.39, 0.29) is 0 Å². The van der Waals surface area contributed by atoms with E-state index in [9.17, 15) is 0 Å². The Balaban J connectivity index is 4.63. The Hall–Kier alpha value is -0.0400. The lowest BCUT2D eigenvalue weighted by Crippen LogP contribution is -2.50. The van der Waals surface area contributed by atoms with Crippen LogP contribution in [0.15, 0.2) is 0 Å². The van der Waals surface area contributed by atoms with Gasteiger partial charge in [0, 0.05) is 5.54 Å².